The molecule has 0 spiro atoms. The Labute approximate surface area is 122 Å². The number of nitrogens with zero attached hydrogens (tertiary/aromatic N) is 1. The summed E-state index contributed by atoms with van der Waals surface area (Å²) < 4.78 is 5.65. The van der Waals surface area contributed by atoms with Crippen molar-refractivity contribution < 1.29 is 9.53 Å². The Bertz CT molecular complexity index is 368. The molecule has 0 aromatic carbocycles. The molecule has 2 aliphatic rings. The third-order valence-corrected chi connectivity index (χ3v) is 5.16. The third kappa shape index (κ3) is 2.71. The van der Waals surface area contributed by atoms with E-state index in [0.29, 0.717) is 19.6 Å². The van der Waals surface area contributed by atoms with Crippen LogP contribution in [-0.2, 0) is 9.53 Å². The summed E-state index contributed by atoms with van der Waals surface area (Å²) in [5, 5.41) is 3.00. The maximum Gasteiger partial charge on any atom is 0.240 e. The zero-order valence-corrected chi connectivity index (χ0v) is 13.2. The van der Waals surface area contributed by atoms with Crippen LogP contribution in [-0.4, -0.2) is 55.2 Å². The number of rotatable bonds is 7. The van der Waals surface area contributed by atoms with E-state index in [0.717, 1.165) is 12.6 Å². The van der Waals surface area contributed by atoms with Gasteiger partial charge in [0.25, 0.3) is 0 Å². The molecule has 5 heteroatoms. The Morgan fingerprint density at radius 3 is 2.60 bits per heavy atom. The van der Waals surface area contributed by atoms with Crippen LogP contribution in [0.2, 0.25) is 0 Å². The topological polar surface area (TPSA) is 67.6 Å². The van der Waals surface area contributed by atoms with E-state index in [-0.39, 0.29) is 17.4 Å². The molecule has 2 atom stereocenters. The normalized spacial score (nSPS) is 32.0. The van der Waals surface area contributed by atoms with Gasteiger partial charge in [-0.1, -0.05) is 13.8 Å². The lowest BCUT2D eigenvalue weighted by molar-refractivity contribution is -0.170. The van der Waals surface area contributed by atoms with Crippen LogP contribution in [0, 0.1) is 5.41 Å². The molecule has 0 aliphatic heterocycles. The van der Waals surface area contributed by atoms with Gasteiger partial charge in [-0.2, -0.15) is 0 Å². The zero-order chi connectivity index (χ0) is 15.0. The summed E-state index contributed by atoms with van der Waals surface area (Å²) >= 11 is 0. The molecule has 2 unspecified atom stereocenters. The minimum absolute atomic E-state index is 0.0392. The zero-order valence-electron chi connectivity index (χ0n) is 13.2. The fourth-order valence-electron chi connectivity index (χ4n) is 3.02. The average Bonchev–Trinajstić information content (AvgIpc) is 3.22. The molecule has 2 rings (SSSR count). The molecule has 116 valence electrons. The number of nitrogens with one attached hydrogen (secondary N) is 1. The first-order valence-electron chi connectivity index (χ1n) is 7.72. The van der Waals surface area contributed by atoms with E-state index in [1.165, 1.54) is 12.8 Å². The molecule has 0 radical (unpaired) electrons. The van der Waals surface area contributed by atoms with Gasteiger partial charge in [-0.15, -0.1) is 0 Å². The second kappa shape index (κ2) is 5.62. The van der Waals surface area contributed by atoms with Crippen molar-refractivity contribution in [2.45, 2.75) is 57.7 Å². The van der Waals surface area contributed by atoms with Crippen molar-refractivity contribution in [2.24, 2.45) is 11.1 Å². The first-order chi connectivity index (χ1) is 9.33. The first-order valence-corrected chi connectivity index (χ1v) is 7.72. The lowest BCUT2D eigenvalue weighted by Crippen LogP contribution is -2.75. The van der Waals surface area contributed by atoms with E-state index in [2.05, 4.69) is 17.3 Å². The number of amides is 1. The average molecular weight is 283 g/mol. The van der Waals surface area contributed by atoms with Crippen LogP contribution in [0.4, 0.5) is 0 Å². The predicted octanol–water partition coefficient (Wildman–Crippen LogP) is 0.729. The lowest BCUT2D eigenvalue weighted by Gasteiger charge is -2.57. The highest BCUT2D eigenvalue weighted by atomic mass is 16.5. The van der Waals surface area contributed by atoms with Crippen molar-refractivity contribution in [2.75, 3.05) is 26.7 Å². The molecule has 1 amide bonds. The maximum atomic E-state index is 12.4. The lowest BCUT2D eigenvalue weighted by atomic mass is 9.54. The summed E-state index contributed by atoms with van der Waals surface area (Å²) in [6.07, 6.45) is 3.26. The molecule has 0 saturated heterocycles. The van der Waals surface area contributed by atoms with E-state index in [4.69, 9.17) is 10.5 Å². The minimum Gasteiger partial charge on any atom is -0.378 e. The predicted molar refractivity (Wildman–Crippen MR) is 79.4 cm³/mol. The van der Waals surface area contributed by atoms with Crippen molar-refractivity contribution in [3.05, 3.63) is 0 Å². The first kappa shape index (κ1) is 15.7. The number of hydrogen-bond acceptors (Lipinski definition) is 4. The van der Waals surface area contributed by atoms with Crippen molar-refractivity contribution in [1.29, 1.82) is 0 Å². The number of hydrogen-bond donors (Lipinski definition) is 2. The number of ether oxygens (including phenoxy) is 1. The van der Waals surface area contributed by atoms with E-state index in [1.54, 1.807) is 0 Å². The quantitative estimate of drug-likeness (QED) is 0.723. The van der Waals surface area contributed by atoms with Crippen LogP contribution in [0.5, 0.6) is 0 Å². The van der Waals surface area contributed by atoms with Crippen LogP contribution in [0.3, 0.4) is 0 Å². The second-order valence-electron chi connectivity index (χ2n) is 6.81. The minimum atomic E-state index is -0.801. The monoisotopic (exact) mass is 283 g/mol. The molecule has 20 heavy (non-hydrogen) atoms. The Balaban J connectivity index is 1.79. The Morgan fingerprint density at radius 2 is 2.10 bits per heavy atom. The molecule has 0 heterocycles. The molecule has 3 N–H and O–H groups in total. The molecule has 0 bridgehead atoms. The Hall–Kier alpha value is -0.650. The van der Waals surface area contributed by atoms with Gasteiger partial charge in [-0.25, -0.2) is 0 Å². The van der Waals surface area contributed by atoms with Crippen LogP contribution in [0.1, 0.15) is 40.0 Å². The van der Waals surface area contributed by atoms with Gasteiger partial charge in [0.2, 0.25) is 5.91 Å². The summed E-state index contributed by atoms with van der Waals surface area (Å²) in [5.41, 5.74) is 5.22. The highest BCUT2D eigenvalue weighted by Gasteiger charge is 2.62. The van der Waals surface area contributed by atoms with Crippen molar-refractivity contribution in [3.63, 3.8) is 0 Å². The van der Waals surface area contributed by atoms with Gasteiger partial charge in [0.1, 0.15) is 5.54 Å². The van der Waals surface area contributed by atoms with E-state index >= 15 is 0 Å². The molecule has 0 aromatic heterocycles. The molecule has 0 aromatic rings. The molecular weight excluding hydrogens is 254 g/mol. The summed E-state index contributed by atoms with van der Waals surface area (Å²) in [7, 11) is 2.11. The number of carbonyl (C=O) groups is 1. The number of likely N-dealkylation sites (N-methyl/N-ethyl adjacent to an activating group) is 1. The van der Waals surface area contributed by atoms with Gasteiger partial charge < -0.3 is 20.7 Å². The molecular formula is C15H29N3O2. The summed E-state index contributed by atoms with van der Waals surface area (Å²) in [6.45, 7) is 8.24. The summed E-state index contributed by atoms with van der Waals surface area (Å²) in [4.78, 5) is 14.7. The fraction of sp³-hybridized carbons (Fsp3) is 0.933. The largest absolute Gasteiger partial charge is 0.378 e. The summed E-state index contributed by atoms with van der Waals surface area (Å²) in [5.74, 6) is -0.0392. The van der Waals surface area contributed by atoms with Crippen LogP contribution in [0.25, 0.3) is 0 Å². The van der Waals surface area contributed by atoms with Gasteiger partial charge in [-0.05, 0) is 26.8 Å². The van der Waals surface area contributed by atoms with Crippen LogP contribution >= 0.6 is 0 Å². The smallest absolute Gasteiger partial charge is 0.240 e. The molecule has 2 aliphatic carbocycles. The van der Waals surface area contributed by atoms with Crippen molar-refractivity contribution >= 4 is 5.91 Å². The Morgan fingerprint density at radius 1 is 1.45 bits per heavy atom. The SMILES string of the molecule is CCOC1CC(N)(C(=O)NCCN(C)C2CC2)C1(C)C. The van der Waals surface area contributed by atoms with Gasteiger partial charge in [0.05, 0.1) is 6.10 Å². The number of carbonyl (C=O) groups excluding carboxylic acids is 1. The van der Waals surface area contributed by atoms with Crippen molar-refractivity contribution in [1.82, 2.24) is 10.2 Å². The third-order valence-electron chi connectivity index (χ3n) is 5.16. The summed E-state index contributed by atoms with van der Waals surface area (Å²) in [6, 6.07) is 0.723. The van der Waals surface area contributed by atoms with E-state index in [9.17, 15) is 4.79 Å². The van der Waals surface area contributed by atoms with Crippen LogP contribution < -0.4 is 11.1 Å². The fourth-order valence-corrected chi connectivity index (χ4v) is 3.02. The van der Waals surface area contributed by atoms with Gasteiger partial charge >= 0.3 is 0 Å². The molecule has 5 nitrogen and oxygen atoms in total. The molecule has 2 saturated carbocycles. The van der Waals surface area contributed by atoms with Gasteiger partial charge in [0, 0.05) is 37.6 Å². The van der Waals surface area contributed by atoms with E-state index < -0.39 is 5.54 Å². The number of nitrogens with two attached hydrogens (primary N) is 1. The van der Waals surface area contributed by atoms with Gasteiger partial charge in [0.15, 0.2) is 0 Å². The van der Waals surface area contributed by atoms with Gasteiger partial charge in [-0.3, -0.25) is 4.79 Å². The maximum absolute atomic E-state index is 12.4. The van der Waals surface area contributed by atoms with Crippen LogP contribution in [0.15, 0.2) is 0 Å². The van der Waals surface area contributed by atoms with Crippen molar-refractivity contribution in [3.8, 4) is 0 Å². The highest BCUT2D eigenvalue weighted by Crippen LogP contribution is 2.49. The molecule has 2 fully saturated rings. The highest BCUT2D eigenvalue weighted by molar-refractivity contribution is 5.88. The van der Waals surface area contributed by atoms with E-state index in [1.807, 2.05) is 20.8 Å². The second-order valence-corrected chi connectivity index (χ2v) is 6.81. The standard InChI is InChI=1S/C15H29N3O2/c1-5-20-12-10-15(16,14(12,2)3)13(19)17-8-9-18(4)11-6-7-11/h11-12H,5-10,16H2,1-4H3,(H,17,19). The Kier molecular flexibility index (Phi) is 4.42.